The topological polar surface area (TPSA) is 72.5 Å². The molecule has 3 N–H and O–H groups in total. The van der Waals surface area contributed by atoms with Crippen LogP contribution in [-0.4, -0.2) is 23.2 Å². The number of aryl methyl sites for hydroxylation is 1. The Morgan fingerprint density at radius 2 is 2.16 bits per heavy atom. The minimum Gasteiger partial charge on any atom is -0.493 e. The number of benzene rings is 1. The molecule has 0 aliphatic heterocycles. The fourth-order valence-electron chi connectivity index (χ4n) is 1.66. The van der Waals surface area contributed by atoms with Crippen LogP contribution in [0.1, 0.15) is 31.7 Å². The number of ether oxygens (including phenoxy) is 1. The predicted molar refractivity (Wildman–Crippen MR) is 70.7 cm³/mol. The number of rotatable bonds is 7. The highest BCUT2D eigenvalue weighted by Crippen LogP contribution is 2.19. The fourth-order valence-corrected chi connectivity index (χ4v) is 1.66. The SMILES string of the molecule is Cc1cc(F)ccc1OCCCCC(C)(N)C(=O)O. The van der Waals surface area contributed by atoms with Crippen molar-refractivity contribution in [3.8, 4) is 5.75 Å². The summed E-state index contributed by atoms with van der Waals surface area (Å²) in [7, 11) is 0. The molecule has 5 heteroatoms. The van der Waals surface area contributed by atoms with Crippen molar-refractivity contribution >= 4 is 5.97 Å². The van der Waals surface area contributed by atoms with Crippen molar-refractivity contribution in [3.05, 3.63) is 29.6 Å². The van der Waals surface area contributed by atoms with Crippen LogP contribution in [0.15, 0.2) is 18.2 Å². The summed E-state index contributed by atoms with van der Waals surface area (Å²) < 4.78 is 18.4. The van der Waals surface area contributed by atoms with Gasteiger partial charge in [0, 0.05) is 0 Å². The zero-order valence-corrected chi connectivity index (χ0v) is 11.3. The van der Waals surface area contributed by atoms with E-state index in [1.165, 1.54) is 19.1 Å². The molecule has 0 aliphatic carbocycles. The predicted octanol–water partition coefficient (Wildman–Crippen LogP) is 2.49. The normalized spacial score (nSPS) is 13.9. The highest BCUT2D eigenvalue weighted by Gasteiger charge is 2.26. The number of carboxylic acids is 1. The third-order valence-electron chi connectivity index (χ3n) is 2.97. The molecular weight excluding hydrogens is 249 g/mol. The number of hydrogen-bond acceptors (Lipinski definition) is 3. The first-order valence-corrected chi connectivity index (χ1v) is 6.24. The third-order valence-corrected chi connectivity index (χ3v) is 2.97. The summed E-state index contributed by atoms with van der Waals surface area (Å²) >= 11 is 0. The molecule has 1 unspecified atom stereocenters. The second-order valence-corrected chi connectivity index (χ2v) is 4.94. The molecule has 106 valence electrons. The molecule has 1 aromatic rings. The molecular formula is C14H20FNO3. The molecule has 0 heterocycles. The Labute approximate surface area is 112 Å². The minimum atomic E-state index is -1.19. The average molecular weight is 269 g/mol. The summed E-state index contributed by atoms with van der Waals surface area (Å²) in [4.78, 5) is 10.8. The van der Waals surface area contributed by atoms with Gasteiger partial charge in [0.05, 0.1) is 6.61 Å². The van der Waals surface area contributed by atoms with Gasteiger partial charge in [0.1, 0.15) is 17.1 Å². The van der Waals surface area contributed by atoms with Gasteiger partial charge in [-0.15, -0.1) is 0 Å². The molecule has 0 saturated carbocycles. The van der Waals surface area contributed by atoms with E-state index in [9.17, 15) is 9.18 Å². The Bertz CT molecular complexity index is 446. The lowest BCUT2D eigenvalue weighted by Gasteiger charge is -2.18. The molecule has 1 rings (SSSR count). The number of hydrogen-bond donors (Lipinski definition) is 2. The van der Waals surface area contributed by atoms with E-state index in [0.29, 0.717) is 31.6 Å². The third kappa shape index (κ3) is 4.87. The average Bonchev–Trinajstić information content (AvgIpc) is 2.31. The fraction of sp³-hybridized carbons (Fsp3) is 0.500. The molecule has 0 saturated heterocycles. The molecule has 0 bridgehead atoms. The van der Waals surface area contributed by atoms with Crippen molar-refractivity contribution in [3.63, 3.8) is 0 Å². The van der Waals surface area contributed by atoms with E-state index < -0.39 is 11.5 Å². The van der Waals surface area contributed by atoms with Gasteiger partial charge in [-0.25, -0.2) is 4.39 Å². The number of unbranched alkanes of at least 4 members (excludes halogenated alkanes) is 1. The molecule has 1 atom stereocenters. The summed E-state index contributed by atoms with van der Waals surface area (Å²) in [5.41, 5.74) is 5.17. The van der Waals surface area contributed by atoms with Crippen LogP contribution in [0.25, 0.3) is 0 Å². The maximum Gasteiger partial charge on any atom is 0.323 e. The molecule has 0 radical (unpaired) electrons. The van der Waals surface area contributed by atoms with Crippen molar-refractivity contribution < 1.29 is 19.0 Å². The zero-order chi connectivity index (χ0) is 14.5. The first-order chi connectivity index (χ1) is 8.83. The van der Waals surface area contributed by atoms with Crippen LogP contribution in [0.2, 0.25) is 0 Å². The highest BCUT2D eigenvalue weighted by atomic mass is 19.1. The van der Waals surface area contributed by atoms with Gasteiger partial charge in [-0.2, -0.15) is 0 Å². The molecule has 0 aliphatic rings. The summed E-state index contributed by atoms with van der Waals surface area (Å²) in [6.45, 7) is 3.74. The Morgan fingerprint density at radius 1 is 1.47 bits per heavy atom. The Hall–Kier alpha value is -1.62. The minimum absolute atomic E-state index is 0.287. The summed E-state index contributed by atoms with van der Waals surface area (Å²) in [5.74, 6) is -0.636. The van der Waals surface area contributed by atoms with Crippen LogP contribution in [0.4, 0.5) is 4.39 Å². The van der Waals surface area contributed by atoms with Crippen molar-refractivity contribution in [1.29, 1.82) is 0 Å². The van der Waals surface area contributed by atoms with Crippen molar-refractivity contribution in [2.45, 2.75) is 38.6 Å². The van der Waals surface area contributed by atoms with E-state index in [-0.39, 0.29) is 5.82 Å². The number of carboxylic acid groups (broad SMARTS) is 1. The maximum absolute atomic E-state index is 12.9. The van der Waals surface area contributed by atoms with Gasteiger partial charge in [-0.05, 0) is 56.9 Å². The van der Waals surface area contributed by atoms with E-state index >= 15 is 0 Å². The van der Waals surface area contributed by atoms with E-state index in [2.05, 4.69) is 0 Å². The van der Waals surface area contributed by atoms with Crippen LogP contribution in [0.3, 0.4) is 0 Å². The van der Waals surface area contributed by atoms with Gasteiger partial charge < -0.3 is 15.6 Å². The molecule has 19 heavy (non-hydrogen) atoms. The van der Waals surface area contributed by atoms with Crippen molar-refractivity contribution in [2.24, 2.45) is 5.73 Å². The van der Waals surface area contributed by atoms with Gasteiger partial charge in [0.15, 0.2) is 0 Å². The quantitative estimate of drug-likeness (QED) is 0.746. The molecule has 1 aromatic carbocycles. The lowest BCUT2D eigenvalue weighted by molar-refractivity contribution is -0.142. The monoisotopic (exact) mass is 269 g/mol. The van der Waals surface area contributed by atoms with Gasteiger partial charge >= 0.3 is 5.97 Å². The van der Waals surface area contributed by atoms with Gasteiger partial charge in [0.25, 0.3) is 0 Å². The standard InChI is InChI=1S/C14H20FNO3/c1-10-9-11(15)5-6-12(10)19-8-4-3-7-14(2,16)13(17)18/h5-6,9H,3-4,7-8,16H2,1-2H3,(H,17,18). The molecule has 0 fully saturated rings. The maximum atomic E-state index is 12.9. The van der Waals surface area contributed by atoms with Gasteiger partial charge in [-0.3, -0.25) is 4.79 Å². The Balaban J connectivity index is 2.30. The van der Waals surface area contributed by atoms with Gasteiger partial charge in [-0.1, -0.05) is 0 Å². The number of aliphatic carboxylic acids is 1. The van der Waals surface area contributed by atoms with Crippen LogP contribution in [0, 0.1) is 12.7 Å². The van der Waals surface area contributed by atoms with Crippen LogP contribution < -0.4 is 10.5 Å². The Kier molecular flexibility index (Phi) is 5.30. The number of nitrogens with two attached hydrogens (primary N) is 1. The van der Waals surface area contributed by atoms with Crippen molar-refractivity contribution in [1.82, 2.24) is 0 Å². The van der Waals surface area contributed by atoms with Crippen LogP contribution in [0.5, 0.6) is 5.75 Å². The summed E-state index contributed by atoms with van der Waals surface area (Å²) in [5, 5.41) is 8.85. The first-order valence-electron chi connectivity index (χ1n) is 6.24. The number of carbonyl (C=O) groups is 1. The van der Waals surface area contributed by atoms with Crippen molar-refractivity contribution in [2.75, 3.05) is 6.61 Å². The largest absolute Gasteiger partial charge is 0.493 e. The second kappa shape index (κ2) is 6.52. The second-order valence-electron chi connectivity index (χ2n) is 4.94. The van der Waals surface area contributed by atoms with Crippen LogP contribution in [-0.2, 0) is 4.79 Å². The molecule has 0 amide bonds. The number of halogens is 1. The van der Waals surface area contributed by atoms with Gasteiger partial charge in [0.2, 0.25) is 0 Å². The summed E-state index contributed by atoms with van der Waals surface area (Å²) in [6, 6.07) is 4.36. The van der Waals surface area contributed by atoms with E-state index in [4.69, 9.17) is 15.6 Å². The van der Waals surface area contributed by atoms with Crippen LogP contribution >= 0.6 is 0 Å². The van der Waals surface area contributed by atoms with E-state index in [0.717, 1.165) is 5.56 Å². The van der Waals surface area contributed by atoms with E-state index in [1.807, 2.05) is 0 Å². The smallest absolute Gasteiger partial charge is 0.323 e. The lowest BCUT2D eigenvalue weighted by Crippen LogP contribution is -2.44. The molecule has 4 nitrogen and oxygen atoms in total. The zero-order valence-electron chi connectivity index (χ0n) is 11.3. The molecule has 0 spiro atoms. The lowest BCUT2D eigenvalue weighted by atomic mass is 9.97. The highest BCUT2D eigenvalue weighted by molar-refractivity contribution is 5.77. The first kappa shape index (κ1) is 15.4. The molecule has 0 aromatic heterocycles. The Morgan fingerprint density at radius 3 is 2.74 bits per heavy atom. The summed E-state index contributed by atoms with van der Waals surface area (Å²) in [6.07, 6.45) is 1.77. The van der Waals surface area contributed by atoms with E-state index in [1.54, 1.807) is 13.0 Å².